The molecule has 0 saturated carbocycles. The van der Waals surface area contributed by atoms with Crippen molar-refractivity contribution in [3.05, 3.63) is 29.8 Å². The van der Waals surface area contributed by atoms with E-state index in [0.717, 1.165) is 13.1 Å². The molecule has 6 heteroatoms. The van der Waals surface area contributed by atoms with Gasteiger partial charge in [0.05, 0.1) is 7.11 Å². The van der Waals surface area contributed by atoms with Crippen molar-refractivity contribution in [1.82, 2.24) is 4.90 Å². The first kappa shape index (κ1) is 19.7. The van der Waals surface area contributed by atoms with Crippen LogP contribution in [0.5, 0.6) is 5.75 Å². The van der Waals surface area contributed by atoms with E-state index in [1.165, 1.54) is 12.7 Å². The highest BCUT2D eigenvalue weighted by Crippen LogP contribution is 2.14. The average Bonchev–Trinajstić information content (AvgIpc) is 2.35. The van der Waals surface area contributed by atoms with Gasteiger partial charge in [0, 0.05) is 18.6 Å². The van der Waals surface area contributed by atoms with Crippen LogP contribution in [0.15, 0.2) is 24.3 Å². The third-order valence-electron chi connectivity index (χ3n) is 2.64. The number of carbonyl (C=O) groups is 1. The second-order valence-electron chi connectivity index (χ2n) is 5.67. The summed E-state index contributed by atoms with van der Waals surface area (Å²) in [6.45, 7) is 5.57. The lowest BCUT2D eigenvalue weighted by Crippen LogP contribution is -2.43. The van der Waals surface area contributed by atoms with Crippen molar-refractivity contribution in [3.8, 4) is 5.75 Å². The van der Waals surface area contributed by atoms with Crippen LogP contribution in [0, 0.1) is 0 Å². The van der Waals surface area contributed by atoms with Crippen LogP contribution >= 0.6 is 12.4 Å². The Kier molecular flexibility index (Phi) is 8.32. The van der Waals surface area contributed by atoms with E-state index in [2.05, 4.69) is 9.64 Å². The standard InChI is InChI=1S/C15H24N2O3.ClH/c1-15(2,16)11-17(3)9-12-5-7-13(8-6-12)20-10-14(18)19-4;/h5-8H,9-11,16H2,1-4H3;1H. The number of nitrogens with zero attached hydrogens (tertiary/aromatic N) is 1. The highest BCUT2D eigenvalue weighted by atomic mass is 35.5. The summed E-state index contributed by atoms with van der Waals surface area (Å²) < 4.78 is 9.80. The number of hydrogen-bond acceptors (Lipinski definition) is 5. The van der Waals surface area contributed by atoms with Crippen molar-refractivity contribution in [2.24, 2.45) is 5.73 Å². The van der Waals surface area contributed by atoms with E-state index >= 15 is 0 Å². The number of ether oxygens (including phenoxy) is 2. The molecule has 0 aliphatic rings. The Bertz CT molecular complexity index is 430. The molecule has 21 heavy (non-hydrogen) atoms. The Labute approximate surface area is 132 Å². The molecule has 2 N–H and O–H groups in total. The third-order valence-corrected chi connectivity index (χ3v) is 2.64. The van der Waals surface area contributed by atoms with Crippen molar-refractivity contribution in [3.63, 3.8) is 0 Å². The van der Waals surface area contributed by atoms with E-state index in [0.29, 0.717) is 5.75 Å². The van der Waals surface area contributed by atoms with Crippen LogP contribution in [0.25, 0.3) is 0 Å². The summed E-state index contributed by atoms with van der Waals surface area (Å²) in [5.74, 6) is 0.264. The number of likely N-dealkylation sites (N-methyl/N-ethyl adjacent to an activating group) is 1. The topological polar surface area (TPSA) is 64.8 Å². The zero-order chi connectivity index (χ0) is 15.2. The van der Waals surface area contributed by atoms with Crippen molar-refractivity contribution < 1.29 is 14.3 Å². The van der Waals surface area contributed by atoms with Gasteiger partial charge < -0.3 is 20.1 Å². The Morgan fingerprint density at radius 2 is 1.86 bits per heavy atom. The van der Waals surface area contributed by atoms with Crippen LogP contribution < -0.4 is 10.5 Å². The molecule has 0 saturated heterocycles. The number of halogens is 1. The zero-order valence-electron chi connectivity index (χ0n) is 13.1. The summed E-state index contributed by atoms with van der Waals surface area (Å²) in [7, 11) is 3.37. The Morgan fingerprint density at radius 3 is 2.33 bits per heavy atom. The normalized spacial score (nSPS) is 11.0. The van der Waals surface area contributed by atoms with Gasteiger partial charge in [-0.05, 0) is 38.6 Å². The second-order valence-corrected chi connectivity index (χ2v) is 5.67. The molecule has 0 bridgehead atoms. The van der Waals surface area contributed by atoms with Crippen LogP contribution in [0.3, 0.4) is 0 Å². The lowest BCUT2D eigenvalue weighted by Gasteiger charge is -2.26. The highest BCUT2D eigenvalue weighted by Gasteiger charge is 2.13. The van der Waals surface area contributed by atoms with Gasteiger partial charge in [0.1, 0.15) is 5.75 Å². The van der Waals surface area contributed by atoms with Gasteiger partial charge in [0.25, 0.3) is 0 Å². The fraction of sp³-hybridized carbons (Fsp3) is 0.533. The molecule has 120 valence electrons. The first-order chi connectivity index (χ1) is 9.30. The van der Waals surface area contributed by atoms with Gasteiger partial charge in [0.15, 0.2) is 6.61 Å². The molecule has 1 aromatic rings. The average molecular weight is 317 g/mol. The van der Waals surface area contributed by atoms with Crippen molar-refractivity contribution >= 4 is 18.4 Å². The van der Waals surface area contributed by atoms with Crippen molar-refractivity contribution in [1.29, 1.82) is 0 Å². The van der Waals surface area contributed by atoms with Crippen molar-refractivity contribution in [2.75, 3.05) is 27.3 Å². The summed E-state index contributed by atoms with van der Waals surface area (Å²) >= 11 is 0. The predicted octanol–water partition coefficient (Wildman–Crippen LogP) is 1.83. The number of hydrogen-bond donors (Lipinski definition) is 1. The molecule has 0 radical (unpaired) electrons. The van der Waals surface area contributed by atoms with E-state index in [-0.39, 0.29) is 30.5 Å². The molecule has 0 aliphatic heterocycles. The fourth-order valence-corrected chi connectivity index (χ4v) is 1.96. The van der Waals surface area contributed by atoms with E-state index < -0.39 is 0 Å². The minimum atomic E-state index is -0.390. The van der Waals surface area contributed by atoms with Gasteiger partial charge in [0.2, 0.25) is 0 Å². The molecule has 1 rings (SSSR count). The maximum absolute atomic E-state index is 11.0. The summed E-state index contributed by atoms with van der Waals surface area (Å²) in [4.78, 5) is 13.1. The molecule has 0 fully saturated rings. The van der Waals surface area contributed by atoms with Gasteiger partial charge in [-0.1, -0.05) is 12.1 Å². The minimum Gasteiger partial charge on any atom is -0.482 e. The van der Waals surface area contributed by atoms with Crippen molar-refractivity contribution in [2.45, 2.75) is 25.9 Å². The zero-order valence-corrected chi connectivity index (χ0v) is 13.9. The number of esters is 1. The van der Waals surface area contributed by atoms with E-state index in [4.69, 9.17) is 10.5 Å². The number of nitrogens with two attached hydrogens (primary N) is 1. The fourth-order valence-electron chi connectivity index (χ4n) is 1.96. The van der Waals surface area contributed by atoms with Crippen LogP contribution in [0.1, 0.15) is 19.4 Å². The van der Waals surface area contributed by atoms with Gasteiger partial charge in [-0.2, -0.15) is 0 Å². The monoisotopic (exact) mass is 316 g/mol. The second kappa shape index (κ2) is 8.87. The third kappa shape index (κ3) is 8.55. The van der Waals surface area contributed by atoms with E-state index in [1.54, 1.807) is 0 Å². The molecular weight excluding hydrogens is 292 g/mol. The molecular formula is C15H25ClN2O3. The first-order valence-electron chi connectivity index (χ1n) is 6.56. The number of benzene rings is 1. The lowest BCUT2D eigenvalue weighted by atomic mass is 10.1. The van der Waals surface area contributed by atoms with Gasteiger partial charge in [-0.3, -0.25) is 0 Å². The Balaban J connectivity index is 0.00000400. The summed E-state index contributed by atoms with van der Waals surface area (Å²) in [6.07, 6.45) is 0. The summed E-state index contributed by atoms with van der Waals surface area (Å²) in [5, 5.41) is 0. The Morgan fingerprint density at radius 1 is 1.29 bits per heavy atom. The van der Waals surface area contributed by atoms with E-state index in [9.17, 15) is 4.79 Å². The smallest absolute Gasteiger partial charge is 0.343 e. The van der Waals surface area contributed by atoms with Crippen LogP contribution in [0.4, 0.5) is 0 Å². The molecule has 1 aromatic carbocycles. The maximum atomic E-state index is 11.0. The maximum Gasteiger partial charge on any atom is 0.343 e. The van der Waals surface area contributed by atoms with Gasteiger partial charge >= 0.3 is 5.97 Å². The van der Waals surface area contributed by atoms with E-state index in [1.807, 2.05) is 45.2 Å². The Hall–Kier alpha value is -1.30. The molecule has 5 nitrogen and oxygen atoms in total. The molecule has 0 amide bonds. The number of rotatable bonds is 7. The van der Waals surface area contributed by atoms with Crippen LogP contribution in [-0.4, -0.2) is 43.7 Å². The highest BCUT2D eigenvalue weighted by molar-refractivity contribution is 5.85. The van der Waals surface area contributed by atoms with Gasteiger partial charge in [-0.15, -0.1) is 12.4 Å². The number of carbonyl (C=O) groups excluding carboxylic acids is 1. The molecule has 0 aliphatic carbocycles. The largest absolute Gasteiger partial charge is 0.482 e. The first-order valence-corrected chi connectivity index (χ1v) is 6.56. The minimum absolute atomic E-state index is 0. The lowest BCUT2D eigenvalue weighted by molar-refractivity contribution is -0.142. The van der Waals surface area contributed by atoms with Crippen LogP contribution in [0.2, 0.25) is 0 Å². The SMILES string of the molecule is COC(=O)COc1ccc(CN(C)CC(C)(C)N)cc1.Cl. The quantitative estimate of drug-likeness (QED) is 0.777. The predicted molar refractivity (Wildman–Crippen MR) is 85.8 cm³/mol. The summed E-state index contributed by atoms with van der Waals surface area (Å²) in [5.41, 5.74) is 6.95. The molecule has 0 spiro atoms. The van der Waals surface area contributed by atoms with Gasteiger partial charge in [-0.25, -0.2) is 4.79 Å². The molecule has 0 unspecified atom stereocenters. The molecule has 0 aromatic heterocycles. The van der Waals surface area contributed by atoms with Crippen LogP contribution in [-0.2, 0) is 16.1 Å². The number of methoxy groups -OCH3 is 1. The molecule has 0 atom stereocenters. The summed E-state index contributed by atoms with van der Waals surface area (Å²) in [6, 6.07) is 7.65. The molecule has 0 heterocycles.